The fraction of sp³-hybridized carbons (Fsp3) is 0.125. The smallest absolute Gasteiger partial charge is 0.335 e. The van der Waals surface area contributed by atoms with Gasteiger partial charge < -0.3 is 9.84 Å². The molecular weight excluding hydrogens is 144 g/mol. The van der Waals surface area contributed by atoms with Crippen molar-refractivity contribution in [1.82, 2.24) is 0 Å². The zero-order chi connectivity index (χ0) is 10.0. The van der Waals surface area contributed by atoms with Crippen LogP contribution in [0.3, 0.4) is 0 Å². The van der Waals surface area contributed by atoms with Crippen molar-refractivity contribution in [2.24, 2.45) is 0 Å². The molecule has 0 aliphatic rings. The molecule has 58 valence electrons. The number of carboxylic acids is 1. The van der Waals surface area contributed by atoms with Crippen LogP contribution in [0.4, 0.5) is 0 Å². The van der Waals surface area contributed by atoms with Crippen LogP contribution in [0.15, 0.2) is 24.2 Å². The summed E-state index contributed by atoms with van der Waals surface area (Å²) in [5, 5.41) is 8.59. The van der Waals surface area contributed by atoms with Gasteiger partial charge in [-0.2, -0.15) is 0 Å². The number of ether oxygens (including phenoxy) is 1. The van der Waals surface area contributed by atoms with Crippen molar-refractivity contribution < 1.29 is 17.4 Å². The van der Waals surface area contributed by atoms with E-state index in [4.69, 9.17) is 12.6 Å². The lowest BCUT2D eigenvalue weighted by atomic mass is 10.2. The van der Waals surface area contributed by atoms with Crippen molar-refractivity contribution in [3.05, 3.63) is 29.8 Å². The van der Waals surface area contributed by atoms with Crippen LogP contribution in [0.1, 0.15) is 13.1 Å². The van der Waals surface area contributed by atoms with E-state index in [1.807, 2.05) is 0 Å². The highest BCUT2D eigenvalue weighted by atomic mass is 16.5. The van der Waals surface area contributed by atoms with Crippen molar-refractivity contribution in [3.63, 3.8) is 0 Å². The Kier molecular flexibility index (Phi) is 1.44. The molecule has 3 nitrogen and oxygen atoms in total. The summed E-state index contributed by atoms with van der Waals surface area (Å²) in [5.74, 6) is -1.06. The summed E-state index contributed by atoms with van der Waals surface area (Å²) in [6.45, 7) is 0. The molecule has 0 unspecified atom stereocenters. The molecule has 0 fully saturated rings. The summed E-state index contributed by atoms with van der Waals surface area (Å²) in [4.78, 5) is 10.5. The number of aromatic carboxylic acids is 1. The lowest BCUT2D eigenvalue weighted by Crippen LogP contribution is -1.95. The highest BCUT2D eigenvalue weighted by molar-refractivity contribution is 5.87. The van der Waals surface area contributed by atoms with Gasteiger partial charge in [0.05, 0.1) is 15.4 Å². The molecule has 0 heterocycles. The summed E-state index contributed by atoms with van der Waals surface area (Å²) < 4.78 is 19.4. The lowest BCUT2D eigenvalue weighted by Gasteiger charge is -1.98. The fourth-order valence-corrected chi connectivity index (χ4v) is 0.611. The second kappa shape index (κ2) is 3.05. The van der Waals surface area contributed by atoms with Crippen molar-refractivity contribution in [3.8, 4) is 5.75 Å². The minimum absolute atomic E-state index is 0.0733. The molecule has 1 aromatic rings. The molecule has 0 atom stereocenters. The quantitative estimate of drug-likeness (QED) is 0.700. The van der Waals surface area contributed by atoms with Gasteiger partial charge in [0.2, 0.25) is 0 Å². The Morgan fingerprint density at radius 3 is 2.55 bits per heavy atom. The Hall–Kier alpha value is -1.51. The third-order valence-electron chi connectivity index (χ3n) is 1.17. The minimum atomic E-state index is -1.15. The van der Waals surface area contributed by atoms with Gasteiger partial charge in [-0.3, -0.25) is 0 Å². The number of methoxy groups -OCH3 is 1. The van der Waals surface area contributed by atoms with E-state index in [9.17, 15) is 4.79 Å². The summed E-state index contributed by atoms with van der Waals surface area (Å²) in [6, 6.07) is 2.12. The van der Waals surface area contributed by atoms with Crippen LogP contribution in [-0.2, 0) is 0 Å². The monoisotopic (exact) mass is 154 g/mol. The first kappa shape index (κ1) is 5.18. The summed E-state index contributed by atoms with van der Waals surface area (Å²) in [5.41, 5.74) is -0.0733. The van der Waals surface area contributed by atoms with Crippen molar-refractivity contribution in [2.45, 2.75) is 0 Å². The predicted octanol–water partition coefficient (Wildman–Crippen LogP) is 1.39. The minimum Gasteiger partial charge on any atom is -0.497 e. The van der Waals surface area contributed by atoms with Gasteiger partial charge in [-0.1, -0.05) is 0 Å². The number of hydrogen-bond donors (Lipinski definition) is 1. The molecule has 0 saturated carbocycles. The van der Waals surface area contributed by atoms with Crippen molar-refractivity contribution in [1.29, 1.82) is 0 Å². The molecule has 0 aliphatic heterocycles. The summed E-state index contributed by atoms with van der Waals surface area (Å²) in [6.07, 6.45) is 0. The van der Waals surface area contributed by atoms with Crippen molar-refractivity contribution >= 4 is 5.97 Å². The zero-order valence-electron chi connectivity index (χ0n) is 7.92. The number of hydrogen-bond acceptors (Lipinski definition) is 2. The van der Waals surface area contributed by atoms with Gasteiger partial charge in [0, 0.05) is 0 Å². The topological polar surface area (TPSA) is 46.5 Å². The molecule has 11 heavy (non-hydrogen) atoms. The number of rotatable bonds is 2. The Labute approximate surface area is 67.0 Å². The second-order valence-electron chi connectivity index (χ2n) is 1.87. The molecular formula is C8H8O3. The van der Waals surface area contributed by atoms with Crippen LogP contribution < -0.4 is 4.74 Å². The van der Waals surface area contributed by atoms with Gasteiger partial charge in [-0.05, 0) is 24.2 Å². The van der Waals surface area contributed by atoms with Crippen LogP contribution in [0.25, 0.3) is 0 Å². The van der Waals surface area contributed by atoms with E-state index in [2.05, 4.69) is 0 Å². The van der Waals surface area contributed by atoms with E-state index in [0.717, 1.165) is 12.1 Å². The molecule has 0 spiro atoms. The number of carbonyl (C=O) groups is 1. The molecule has 1 aromatic carbocycles. The Morgan fingerprint density at radius 1 is 1.64 bits per heavy atom. The van der Waals surface area contributed by atoms with Gasteiger partial charge in [0.1, 0.15) is 5.75 Å². The van der Waals surface area contributed by atoms with E-state index in [0.29, 0.717) is 0 Å². The van der Waals surface area contributed by atoms with E-state index in [-0.39, 0.29) is 23.4 Å². The SMILES string of the molecule is [2H]c1cc(C(=O)O)cc([2H])c1OC. The highest BCUT2D eigenvalue weighted by Crippen LogP contribution is 2.10. The van der Waals surface area contributed by atoms with Gasteiger partial charge in [0.25, 0.3) is 0 Å². The third-order valence-corrected chi connectivity index (χ3v) is 1.17. The van der Waals surface area contributed by atoms with E-state index in [1.54, 1.807) is 0 Å². The molecule has 0 bridgehead atoms. The highest BCUT2D eigenvalue weighted by Gasteiger charge is 2.00. The Balaban J connectivity index is 3.28. The van der Waals surface area contributed by atoms with Crippen LogP contribution >= 0.6 is 0 Å². The van der Waals surface area contributed by atoms with Crippen LogP contribution in [0.5, 0.6) is 5.75 Å². The lowest BCUT2D eigenvalue weighted by molar-refractivity contribution is 0.0697. The first-order chi connectivity index (χ1) is 6.06. The largest absolute Gasteiger partial charge is 0.497 e. The number of carboxylic acid groups (broad SMARTS) is 1. The Morgan fingerprint density at radius 2 is 2.18 bits per heavy atom. The molecule has 1 N–H and O–H groups in total. The predicted molar refractivity (Wildman–Crippen MR) is 40.0 cm³/mol. The average molecular weight is 154 g/mol. The van der Waals surface area contributed by atoms with E-state index < -0.39 is 5.97 Å². The first-order valence-electron chi connectivity index (χ1n) is 3.94. The van der Waals surface area contributed by atoms with Gasteiger partial charge >= 0.3 is 5.97 Å². The maximum Gasteiger partial charge on any atom is 0.335 e. The molecule has 0 amide bonds. The van der Waals surface area contributed by atoms with Gasteiger partial charge in [0.15, 0.2) is 0 Å². The molecule has 0 aromatic heterocycles. The van der Waals surface area contributed by atoms with E-state index in [1.165, 1.54) is 7.11 Å². The maximum atomic E-state index is 10.5. The van der Waals surface area contributed by atoms with Gasteiger partial charge in [-0.25, -0.2) is 4.79 Å². The molecule has 0 aliphatic carbocycles. The number of benzene rings is 1. The Bertz CT molecular complexity index is 326. The van der Waals surface area contributed by atoms with Crippen LogP contribution in [-0.4, -0.2) is 18.2 Å². The summed E-state index contributed by atoms with van der Waals surface area (Å²) >= 11 is 0. The molecule has 0 radical (unpaired) electrons. The first-order valence-corrected chi connectivity index (χ1v) is 2.94. The zero-order valence-corrected chi connectivity index (χ0v) is 5.92. The molecule has 3 heteroatoms. The average Bonchev–Trinajstić information content (AvgIpc) is 2.03. The fourth-order valence-electron chi connectivity index (χ4n) is 0.611. The summed E-state index contributed by atoms with van der Waals surface area (Å²) in [7, 11) is 1.34. The van der Waals surface area contributed by atoms with Crippen LogP contribution in [0.2, 0.25) is 0 Å². The van der Waals surface area contributed by atoms with Crippen LogP contribution in [0, 0.1) is 0 Å². The maximum absolute atomic E-state index is 10.5. The van der Waals surface area contributed by atoms with E-state index >= 15 is 0 Å². The normalized spacial score (nSPS) is 11.7. The standard InChI is InChI=1S/C8H8O3/c1-11-7-4-2-6(3-5-7)8(9)10/h2-5H,1H3,(H,9,10)/i4D,5D. The van der Waals surface area contributed by atoms with Crippen molar-refractivity contribution in [2.75, 3.05) is 7.11 Å². The van der Waals surface area contributed by atoms with Gasteiger partial charge in [-0.15, -0.1) is 0 Å². The second-order valence-corrected chi connectivity index (χ2v) is 1.87. The molecule has 0 saturated heterocycles. The third kappa shape index (κ3) is 1.70. The molecule has 1 rings (SSSR count).